The number of hydrogen-bond donors (Lipinski definition) is 0. The first kappa shape index (κ1) is 17.9. The molecule has 0 N–H and O–H groups in total. The van der Waals surface area contributed by atoms with Crippen LogP contribution in [0.25, 0.3) is 0 Å². The van der Waals surface area contributed by atoms with Crippen molar-refractivity contribution in [3.8, 4) is 5.75 Å². The van der Waals surface area contributed by atoms with Gasteiger partial charge in [-0.05, 0) is 19.2 Å². The van der Waals surface area contributed by atoms with E-state index in [1.54, 1.807) is 0 Å². The quantitative estimate of drug-likeness (QED) is 0.514. The number of piperazine rings is 1. The topological polar surface area (TPSA) is 42.0 Å². The predicted molar refractivity (Wildman–Crippen MR) is 91.3 cm³/mol. The highest BCUT2D eigenvalue weighted by molar-refractivity contribution is 5.98. The fourth-order valence-corrected chi connectivity index (χ4v) is 2.59. The van der Waals surface area contributed by atoms with Crippen molar-refractivity contribution >= 4 is 5.78 Å². The van der Waals surface area contributed by atoms with E-state index in [-0.39, 0.29) is 5.78 Å². The second kappa shape index (κ2) is 9.65. The van der Waals surface area contributed by atoms with Gasteiger partial charge < -0.3 is 14.4 Å². The minimum Gasteiger partial charge on any atom is -0.490 e. The molecular weight excluding hydrogens is 292 g/mol. The zero-order valence-corrected chi connectivity index (χ0v) is 14.3. The van der Waals surface area contributed by atoms with Crippen LogP contribution in [0.1, 0.15) is 23.7 Å². The molecule has 0 amide bonds. The van der Waals surface area contributed by atoms with Gasteiger partial charge in [0.15, 0.2) is 5.78 Å². The van der Waals surface area contributed by atoms with Gasteiger partial charge >= 0.3 is 0 Å². The molecule has 128 valence electrons. The van der Waals surface area contributed by atoms with Crippen LogP contribution in [0, 0.1) is 0 Å². The van der Waals surface area contributed by atoms with Crippen molar-refractivity contribution in [3.63, 3.8) is 0 Å². The summed E-state index contributed by atoms with van der Waals surface area (Å²) in [4.78, 5) is 16.6. The molecule has 2 rings (SSSR count). The maximum absolute atomic E-state index is 11.8. The van der Waals surface area contributed by atoms with Crippen LogP contribution in [0.4, 0.5) is 0 Å². The molecule has 1 aliphatic rings. The number of hydrogen-bond acceptors (Lipinski definition) is 5. The number of Topliss-reactive ketones (excluding diaryl/α,β-unsaturated/α-hetero) is 1. The van der Waals surface area contributed by atoms with Crippen molar-refractivity contribution in [1.82, 2.24) is 9.80 Å². The third kappa shape index (κ3) is 5.94. The zero-order chi connectivity index (χ0) is 16.5. The molecule has 23 heavy (non-hydrogen) atoms. The molecule has 0 aliphatic carbocycles. The number of carbonyl (C=O) groups excluding carboxylic acids is 1. The minimum atomic E-state index is 0.108. The van der Waals surface area contributed by atoms with E-state index in [0.717, 1.165) is 39.3 Å². The largest absolute Gasteiger partial charge is 0.490 e. The maximum atomic E-state index is 11.8. The van der Waals surface area contributed by atoms with Gasteiger partial charge in [-0.15, -0.1) is 0 Å². The van der Waals surface area contributed by atoms with E-state index < -0.39 is 0 Å². The summed E-state index contributed by atoms with van der Waals surface area (Å²) in [6.07, 6.45) is 0.488. The van der Waals surface area contributed by atoms with E-state index in [1.165, 1.54) is 0 Å². The lowest BCUT2D eigenvalue weighted by molar-refractivity contribution is 0.0654. The average Bonchev–Trinajstić information content (AvgIpc) is 2.59. The molecule has 0 aromatic heterocycles. The standard InChI is InChI=1S/C18H28N2O3/c1-3-17(21)16-6-4-5-7-18(16)23-15-14-22-13-12-20-10-8-19(2)9-11-20/h4-7H,3,8-15H2,1-2H3. The second-order valence-corrected chi connectivity index (χ2v) is 5.88. The molecule has 0 atom stereocenters. The highest BCUT2D eigenvalue weighted by Gasteiger charge is 2.13. The Morgan fingerprint density at radius 1 is 1.09 bits per heavy atom. The van der Waals surface area contributed by atoms with Gasteiger partial charge in [0.05, 0.1) is 18.8 Å². The Bertz CT molecular complexity index is 485. The van der Waals surface area contributed by atoms with Crippen molar-refractivity contribution in [2.45, 2.75) is 13.3 Å². The Hall–Kier alpha value is -1.43. The van der Waals surface area contributed by atoms with Crippen LogP contribution in [0.15, 0.2) is 24.3 Å². The Labute approximate surface area is 139 Å². The maximum Gasteiger partial charge on any atom is 0.166 e. The van der Waals surface area contributed by atoms with Gasteiger partial charge in [0, 0.05) is 39.1 Å². The van der Waals surface area contributed by atoms with E-state index in [9.17, 15) is 4.79 Å². The van der Waals surface area contributed by atoms with Crippen LogP contribution in [-0.4, -0.2) is 75.2 Å². The number of likely N-dealkylation sites (N-methyl/N-ethyl adjacent to an activating group) is 1. The van der Waals surface area contributed by atoms with Gasteiger partial charge in [-0.2, -0.15) is 0 Å². The second-order valence-electron chi connectivity index (χ2n) is 5.88. The first-order valence-corrected chi connectivity index (χ1v) is 8.44. The molecule has 1 aliphatic heterocycles. The van der Waals surface area contributed by atoms with Gasteiger partial charge in [-0.3, -0.25) is 9.69 Å². The van der Waals surface area contributed by atoms with Gasteiger partial charge in [0.1, 0.15) is 12.4 Å². The molecule has 1 aromatic rings. The summed E-state index contributed by atoms with van der Waals surface area (Å²) in [7, 11) is 2.16. The van der Waals surface area contributed by atoms with E-state index in [1.807, 2.05) is 31.2 Å². The minimum absolute atomic E-state index is 0.108. The lowest BCUT2D eigenvalue weighted by Gasteiger charge is -2.32. The Morgan fingerprint density at radius 2 is 1.83 bits per heavy atom. The molecule has 1 heterocycles. The molecule has 1 aromatic carbocycles. The lowest BCUT2D eigenvalue weighted by Crippen LogP contribution is -2.45. The molecule has 1 fully saturated rings. The van der Waals surface area contributed by atoms with Crippen LogP contribution in [-0.2, 0) is 4.74 Å². The van der Waals surface area contributed by atoms with Crippen LogP contribution in [0.3, 0.4) is 0 Å². The van der Waals surface area contributed by atoms with Gasteiger partial charge in [0.25, 0.3) is 0 Å². The summed E-state index contributed by atoms with van der Waals surface area (Å²) in [5.41, 5.74) is 0.660. The summed E-state index contributed by atoms with van der Waals surface area (Å²) < 4.78 is 11.3. The number of para-hydroxylation sites is 1. The van der Waals surface area contributed by atoms with E-state index >= 15 is 0 Å². The number of benzene rings is 1. The van der Waals surface area contributed by atoms with E-state index in [4.69, 9.17) is 9.47 Å². The molecule has 5 nitrogen and oxygen atoms in total. The van der Waals surface area contributed by atoms with Crippen molar-refractivity contribution in [2.75, 3.05) is 59.6 Å². The summed E-state index contributed by atoms with van der Waals surface area (Å²) in [5, 5.41) is 0. The normalized spacial score (nSPS) is 16.4. The highest BCUT2D eigenvalue weighted by atomic mass is 16.5. The predicted octanol–water partition coefficient (Wildman–Crippen LogP) is 1.92. The Balaban J connectivity index is 1.61. The summed E-state index contributed by atoms with van der Waals surface area (Å²) in [6, 6.07) is 7.40. The molecular formula is C18H28N2O3. The fourth-order valence-electron chi connectivity index (χ4n) is 2.59. The summed E-state index contributed by atoms with van der Waals surface area (Å²) in [6.45, 7) is 9.06. The summed E-state index contributed by atoms with van der Waals surface area (Å²) in [5.74, 6) is 0.763. The van der Waals surface area contributed by atoms with Gasteiger partial charge in [0.2, 0.25) is 0 Å². The molecule has 5 heteroatoms. The van der Waals surface area contributed by atoms with Gasteiger partial charge in [-0.25, -0.2) is 0 Å². The van der Waals surface area contributed by atoms with Crippen molar-refractivity contribution < 1.29 is 14.3 Å². The number of carbonyl (C=O) groups is 1. The Morgan fingerprint density at radius 3 is 2.57 bits per heavy atom. The molecule has 0 saturated carbocycles. The van der Waals surface area contributed by atoms with Gasteiger partial charge in [-0.1, -0.05) is 19.1 Å². The van der Waals surface area contributed by atoms with Crippen LogP contribution >= 0.6 is 0 Å². The lowest BCUT2D eigenvalue weighted by atomic mass is 10.1. The first-order valence-electron chi connectivity index (χ1n) is 8.44. The fraction of sp³-hybridized carbons (Fsp3) is 0.611. The van der Waals surface area contributed by atoms with Crippen molar-refractivity contribution in [2.24, 2.45) is 0 Å². The van der Waals surface area contributed by atoms with Crippen molar-refractivity contribution in [3.05, 3.63) is 29.8 Å². The Kier molecular flexibility index (Phi) is 7.52. The molecule has 0 bridgehead atoms. The summed E-state index contributed by atoms with van der Waals surface area (Å²) >= 11 is 0. The monoisotopic (exact) mass is 320 g/mol. The van der Waals surface area contributed by atoms with Crippen LogP contribution < -0.4 is 4.74 Å². The van der Waals surface area contributed by atoms with E-state index in [2.05, 4.69) is 16.8 Å². The molecule has 0 unspecified atom stereocenters. The zero-order valence-electron chi connectivity index (χ0n) is 14.3. The SMILES string of the molecule is CCC(=O)c1ccccc1OCCOCCN1CCN(C)CC1. The van der Waals surface area contributed by atoms with Crippen LogP contribution in [0.2, 0.25) is 0 Å². The van der Waals surface area contributed by atoms with Crippen LogP contribution in [0.5, 0.6) is 5.75 Å². The molecule has 0 spiro atoms. The first-order chi connectivity index (χ1) is 11.2. The van der Waals surface area contributed by atoms with E-state index in [0.29, 0.717) is 30.9 Å². The molecule has 1 saturated heterocycles. The number of rotatable bonds is 9. The smallest absolute Gasteiger partial charge is 0.166 e. The van der Waals surface area contributed by atoms with Crippen molar-refractivity contribution in [1.29, 1.82) is 0 Å². The molecule has 0 radical (unpaired) electrons. The highest BCUT2D eigenvalue weighted by Crippen LogP contribution is 2.19. The third-order valence-electron chi connectivity index (χ3n) is 4.14. The average molecular weight is 320 g/mol. The number of nitrogens with zero attached hydrogens (tertiary/aromatic N) is 2. The number of ketones is 1. The number of ether oxygens (including phenoxy) is 2. The third-order valence-corrected chi connectivity index (χ3v) is 4.14.